The zero-order valence-electron chi connectivity index (χ0n) is 14.3. The van der Waals surface area contributed by atoms with Gasteiger partial charge >= 0.3 is 0 Å². The minimum atomic E-state index is 0.685. The summed E-state index contributed by atoms with van der Waals surface area (Å²) >= 11 is 6.61. The van der Waals surface area contributed by atoms with Crippen molar-refractivity contribution in [1.82, 2.24) is 0 Å². The quantitative estimate of drug-likeness (QED) is 0.314. The van der Waals surface area contributed by atoms with Crippen LogP contribution in [0, 0.1) is 25.5 Å². The molecule has 0 aliphatic heterocycles. The van der Waals surface area contributed by atoms with Gasteiger partial charge in [0.05, 0.1) is 16.5 Å². The van der Waals surface area contributed by atoms with Gasteiger partial charge in [0.1, 0.15) is 0 Å². The molecule has 0 aliphatic carbocycles. The molecule has 0 aliphatic rings. The number of nitrogens with zero attached hydrogens (tertiary/aromatic N) is 2. The lowest BCUT2D eigenvalue weighted by molar-refractivity contribution is 1.00. The molecule has 4 heteroatoms. The van der Waals surface area contributed by atoms with Crippen LogP contribution in [-0.4, -0.2) is 0 Å². The van der Waals surface area contributed by atoms with Gasteiger partial charge in [-0.3, -0.25) is 0 Å². The Balaban J connectivity index is 0.000000263. The molecule has 0 saturated heterocycles. The molecule has 0 fully saturated rings. The zero-order chi connectivity index (χ0) is 19.2. The molecule has 2 aromatic rings. The maximum absolute atomic E-state index is 6.88. The summed E-state index contributed by atoms with van der Waals surface area (Å²) in [7, 11) is 0. The Morgan fingerprint density at radius 1 is 0.962 bits per heavy atom. The second-order valence-corrected chi connectivity index (χ2v) is 8.07. The zero-order valence-corrected chi connectivity index (χ0v) is 17.4. The van der Waals surface area contributed by atoms with Crippen molar-refractivity contribution in [2.75, 3.05) is 0 Å². The van der Waals surface area contributed by atoms with E-state index in [4.69, 9.17) is 19.6 Å². The highest BCUT2D eigenvalue weighted by atomic mass is 79.9. The fourth-order valence-electron chi connectivity index (χ4n) is 2.13. The maximum atomic E-state index is 6.88. The van der Waals surface area contributed by atoms with Crippen molar-refractivity contribution in [3.63, 3.8) is 0 Å². The summed E-state index contributed by atoms with van der Waals surface area (Å²) in [5.41, 5.74) is 3.74. The Morgan fingerprint density at radius 3 is 1.96 bits per heavy atom. The van der Waals surface area contributed by atoms with E-state index in [2.05, 4.69) is 53.5 Å². The first kappa shape index (κ1) is 21.7. The van der Waals surface area contributed by atoms with Crippen LogP contribution in [0.2, 0.25) is 0 Å². The summed E-state index contributed by atoms with van der Waals surface area (Å²) in [5.74, 6) is 2.58. The van der Waals surface area contributed by atoms with Gasteiger partial charge in [0.2, 0.25) is 0 Å². The number of rotatable bonds is 5. The van der Waals surface area contributed by atoms with Crippen molar-refractivity contribution >= 4 is 43.2 Å². The van der Waals surface area contributed by atoms with E-state index in [-0.39, 0.29) is 0 Å². The maximum Gasteiger partial charge on any atom is 0.187 e. The SMILES string of the molecule is [C-]#[N+]c1cccc(CCC#C)c1.[C-]#[N+]c1cccc(CCC=C(Br)Br)c1. The number of halogens is 2. The van der Waals surface area contributed by atoms with Gasteiger partial charge in [0.15, 0.2) is 11.4 Å². The van der Waals surface area contributed by atoms with Gasteiger partial charge in [-0.25, -0.2) is 9.69 Å². The first-order valence-corrected chi connectivity index (χ1v) is 9.55. The summed E-state index contributed by atoms with van der Waals surface area (Å²) in [5, 5.41) is 0. The highest BCUT2D eigenvalue weighted by Gasteiger charge is 1.94. The van der Waals surface area contributed by atoms with Crippen molar-refractivity contribution in [2.45, 2.75) is 25.7 Å². The van der Waals surface area contributed by atoms with Gasteiger partial charge < -0.3 is 0 Å². The molecule has 0 aromatic heterocycles. The highest BCUT2D eigenvalue weighted by molar-refractivity contribution is 9.28. The van der Waals surface area contributed by atoms with Crippen LogP contribution in [0.3, 0.4) is 0 Å². The fraction of sp³-hybridized carbons (Fsp3) is 0.182. The Kier molecular flexibility index (Phi) is 10.8. The minimum Gasteiger partial charge on any atom is -0.238 e. The number of aryl methyl sites for hydroxylation is 2. The predicted octanol–water partition coefficient (Wildman–Crippen LogP) is 7.60. The number of allylic oxidation sites excluding steroid dienone is 1. The van der Waals surface area contributed by atoms with E-state index < -0.39 is 0 Å². The molecule has 0 heterocycles. The first-order valence-electron chi connectivity index (χ1n) is 7.96. The second kappa shape index (κ2) is 13.0. The molecule has 0 amide bonds. The second-order valence-electron chi connectivity index (χ2n) is 5.30. The first-order chi connectivity index (χ1) is 12.6. The monoisotopic (exact) mass is 468 g/mol. The van der Waals surface area contributed by atoms with Crippen molar-refractivity contribution in [1.29, 1.82) is 0 Å². The summed E-state index contributed by atoms with van der Waals surface area (Å²) < 4.78 is 0.978. The molecular formula is C22H18Br2N2. The van der Waals surface area contributed by atoms with Crippen molar-refractivity contribution in [2.24, 2.45) is 0 Å². The molecule has 0 spiro atoms. The lowest BCUT2D eigenvalue weighted by Crippen LogP contribution is -1.81. The van der Waals surface area contributed by atoms with Crippen LogP contribution in [-0.2, 0) is 12.8 Å². The highest BCUT2D eigenvalue weighted by Crippen LogP contribution is 2.18. The van der Waals surface area contributed by atoms with Gasteiger partial charge in [-0.1, -0.05) is 65.7 Å². The van der Waals surface area contributed by atoms with Crippen molar-refractivity contribution in [3.8, 4) is 12.3 Å². The average Bonchev–Trinajstić information content (AvgIpc) is 2.67. The van der Waals surface area contributed by atoms with Gasteiger partial charge in [-0.2, -0.15) is 0 Å². The largest absolute Gasteiger partial charge is 0.238 e. The van der Waals surface area contributed by atoms with Crippen LogP contribution < -0.4 is 0 Å². The molecule has 2 aromatic carbocycles. The van der Waals surface area contributed by atoms with Gasteiger partial charge in [-0.05, 0) is 51.1 Å². The third-order valence-electron chi connectivity index (χ3n) is 3.37. The topological polar surface area (TPSA) is 8.72 Å². The Labute approximate surface area is 172 Å². The molecule has 2 rings (SSSR count). The molecule has 0 unspecified atom stereocenters. The van der Waals surface area contributed by atoms with Crippen LogP contribution in [0.25, 0.3) is 9.69 Å². The average molecular weight is 470 g/mol. The van der Waals surface area contributed by atoms with Gasteiger partial charge in [0, 0.05) is 6.42 Å². The van der Waals surface area contributed by atoms with E-state index in [1.165, 1.54) is 5.56 Å². The Bertz CT molecular complexity index is 861. The molecule has 0 bridgehead atoms. The summed E-state index contributed by atoms with van der Waals surface area (Å²) in [6.45, 7) is 13.7. The Morgan fingerprint density at radius 2 is 1.50 bits per heavy atom. The lowest BCUT2D eigenvalue weighted by Gasteiger charge is -1.98. The number of terminal acetylenes is 1. The van der Waals surface area contributed by atoms with Crippen LogP contribution >= 0.6 is 31.9 Å². The number of benzene rings is 2. The molecular weight excluding hydrogens is 452 g/mol. The minimum absolute atomic E-state index is 0.685. The summed E-state index contributed by atoms with van der Waals surface area (Å²) in [6, 6.07) is 15.3. The van der Waals surface area contributed by atoms with Crippen molar-refractivity contribution in [3.05, 3.63) is 92.0 Å². The standard InChI is InChI=1S/C11H9Br2N.C11H9N/c1-14-10-6-2-4-9(8-10)5-3-7-11(12)13;1-3-4-6-10-7-5-8-11(9-10)12-2/h2,4,6-8H,3,5H2;1,5,7-9H,4,6H2. The van der Waals surface area contributed by atoms with E-state index >= 15 is 0 Å². The van der Waals surface area contributed by atoms with Crippen LogP contribution in [0.5, 0.6) is 0 Å². The van der Waals surface area contributed by atoms with E-state index in [1.807, 2.05) is 42.5 Å². The predicted molar refractivity (Wildman–Crippen MR) is 117 cm³/mol. The van der Waals surface area contributed by atoms with E-state index in [9.17, 15) is 0 Å². The molecule has 0 radical (unpaired) electrons. The molecule has 26 heavy (non-hydrogen) atoms. The molecule has 0 atom stereocenters. The Hall–Kier alpha value is -2.32. The molecule has 130 valence electrons. The molecule has 2 nitrogen and oxygen atoms in total. The fourth-order valence-corrected chi connectivity index (χ4v) is 2.59. The van der Waals surface area contributed by atoms with Crippen LogP contribution in [0.15, 0.2) is 58.0 Å². The number of hydrogen-bond donors (Lipinski definition) is 0. The van der Waals surface area contributed by atoms with E-state index in [0.29, 0.717) is 11.4 Å². The molecule has 0 N–H and O–H groups in total. The normalized spacial score (nSPS) is 8.88. The van der Waals surface area contributed by atoms with Crippen molar-refractivity contribution < 1.29 is 0 Å². The van der Waals surface area contributed by atoms with E-state index in [0.717, 1.165) is 34.6 Å². The smallest absolute Gasteiger partial charge is 0.187 e. The van der Waals surface area contributed by atoms with E-state index in [1.54, 1.807) is 6.07 Å². The molecule has 0 saturated carbocycles. The summed E-state index contributed by atoms with van der Waals surface area (Å²) in [6.07, 6.45) is 10.7. The van der Waals surface area contributed by atoms with Crippen LogP contribution in [0.1, 0.15) is 24.0 Å². The van der Waals surface area contributed by atoms with Gasteiger partial charge in [-0.15, -0.1) is 12.3 Å². The third kappa shape index (κ3) is 9.24. The lowest BCUT2D eigenvalue weighted by atomic mass is 10.1. The summed E-state index contributed by atoms with van der Waals surface area (Å²) in [4.78, 5) is 6.73. The number of hydrogen-bond acceptors (Lipinski definition) is 0. The van der Waals surface area contributed by atoms with Gasteiger partial charge in [0.25, 0.3) is 0 Å². The third-order valence-corrected chi connectivity index (χ3v) is 4.02. The van der Waals surface area contributed by atoms with Crippen LogP contribution in [0.4, 0.5) is 11.4 Å².